The highest BCUT2D eigenvalue weighted by Gasteiger charge is 2.16. The molecule has 0 aliphatic heterocycles. The number of anilines is 1. The Morgan fingerprint density at radius 1 is 1.21 bits per heavy atom. The van der Waals surface area contributed by atoms with Gasteiger partial charge in [-0.05, 0) is 38.1 Å². The number of para-hydroxylation sites is 2. The van der Waals surface area contributed by atoms with Crippen molar-refractivity contribution in [3.8, 4) is 5.75 Å². The zero-order valence-electron chi connectivity index (χ0n) is 13.6. The number of urea groups is 1. The lowest BCUT2D eigenvalue weighted by atomic mass is 10.3. The maximum absolute atomic E-state index is 12.3. The topological polar surface area (TPSA) is 80.5 Å². The van der Waals surface area contributed by atoms with E-state index in [0.29, 0.717) is 23.9 Å². The molecule has 0 saturated heterocycles. The predicted octanol–water partition coefficient (Wildman–Crippen LogP) is 3.01. The van der Waals surface area contributed by atoms with Gasteiger partial charge >= 0.3 is 6.03 Å². The minimum absolute atomic E-state index is 0.304. The van der Waals surface area contributed by atoms with Crippen LogP contribution in [0, 0.1) is 0 Å². The van der Waals surface area contributed by atoms with Crippen molar-refractivity contribution >= 4 is 17.4 Å². The average molecular weight is 325 g/mol. The second-order valence-corrected chi connectivity index (χ2v) is 5.24. The Kier molecular flexibility index (Phi) is 4.60. The summed E-state index contributed by atoms with van der Waals surface area (Å²) in [6.45, 7) is 4.29. The minimum Gasteiger partial charge on any atom is -0.492 e. The van der Waals surface area contributed by atoms with Gasteiger partial charge in [-0.25, -0.2) is 4.79 Å². The lowest BCUT2D eigenvalue weighted by Gasteiger charge is -2.15. The Labute approximate surface area is 139 Å². The zero-order valence-corrected chi connectivity index (χ0v) is 13.6. The molecule has 0 radical (unpaired) electrons. The Balaban J connectivity index is 1.71. The van der Waals surface area contributed by atoms with Gasteiger partial charge in [0.15, 0.2) is 11.5 Å². The third kappa shape index (κ3) is 3.29. The third-order valence-electron chi connectivity index (χ3n) is 3.51. The van der Waals surface area contributed by atoms with Gasteiger partial charge < -0.3 is 15.4 Å². The van der Waals surface area contributed by atoms with Crippen LogP contribution in [0.5, 0.6) is 5.75 Å². The number of carbonyl (C=O) groups is 1. The number of ether oxygens (including phenoxy) is 1. The number of hydrogen-bond acceptors (Lipinski definition) is 4. The first-order valence-corrected chi connectivity index (χ1v) is 7.78. The first kappa shape index (κ1) is 15.8. The summed E-state index contributed by atoms with van der Waals surface area (Å²) >= 11 is 0. The van der Waals surface area contributed by atoms with E-state index in [2.05, 4.69) is 20.8 Å². The van der Waals surface area contributed by atoms with Crippen molar-refractivity contribution in [2.45, 2.75) is 19.9 Å². The smallest absolute Gasteiger partial charge is 0.319 e. The van der Waals surface area contributed by atoms with Crippen LogP contribution in [0.4, 0.5) is 10.5 Å². The van der Waals surface area contributed by atoms with E-state index in [9.17, 15) is 4.79 Å². The number of nitrogens with one attached hydrogen (secondary N) is 2. The monoisotopic (exact) mass is 325 g/mol. The van der Waals surface area contributed by atoms with E-state index in [1.807, 2.05) is 60.8 Å². The SMILES string of the molecule is CCOc1ccccc1NC(=O)N[C@@H](C)c1nnc2ccccn12. The lowest BCUT2D eigenvalue weighted by Crippen LogP contribution is -2.32. The molecule has 0 aliphatic carbocycles. The summed E-state index contributed by atoms with van der Waals surface area (Å²) in [4.78, 5) is 12.3. The Morgan fingerprint density at radius 3 is 2.83 bits per heavy atom. The van der Waals surface area contributed by atoms with Crippen molar-refractivity contribution in [2.24, 2.45) is 0 Å². The van der Waals surface area contributed by atoms with E-state index in [1.165, 1.54) is 0 Å². The summed E-state index contributed by atoms with van der Waals surface area (Å²) in [5, 5.41) is 13.9. The third-order valence-corrected chi connectivity index (χ3v) is 3.51. The lowest BCUT2D eigenvalue weighted by molar-refractivity contribution is 0.248. The fraction of sp³-hybridized carbons (Fsp3) is 0.235. The van der Waals surface area contributed by atoms with Crippen LogP contribution in [-0.2, 0) is 0 Å². The Hall–Kier alpha value is -3.09. The molecule has 2 aromatic heterocycles. The van der Waals surface area contributed by atoms with E-state index in [-0.39, 0.29) is 12.1 Å². The van der Waals surface area contributed by atoms with Gasteiger partial charge in [-0.2, -0.15) is 0 Å². The van der Waals surface area contributed by atoms with E-state index >= 15 is 0 Å². The second-order valence-electron chi connectivity index (χ2n) is 5.24. The number of aromatic nitrogens is 3. The largest absolute Gasteiger partial charge is 0.492 e. The van der Waals surface area contributed by atoms with Crippen LogP contribution in [0.15, 0.2) is 48.7 Å². The quantitative estimate of drug-likeness (QED) is 0.755. The van der Waals surface area contributed by atoms with E-state index in [1.54, 1.807) is 6.07 Å². The number of benzene rings is 1. The molecule has 7 heteroatoms. The number of fused-ring (bicyclic) bond motifs is 1. The minimum atomic E-state index is -0.331. The van der Waals surface area contributed by atoms with Gasteiger partial charge in [-0.15, -0.1) is 10.2 Å². The maximum Gasteiger partial charge on any atom is 0.319 e. The molecular formula is C17H19N5O2. The molecule has 1 atom stereocenters. The fourth-order valence-electron chi connectivity index (χ4n) is 2.43. The predicted molar refractivity (Wildman–Crippen MR) is 91.2 cm³/mol. The Morgan fingerprint density at radius 2 is 2.00 bits per heavy atom. The van der Waals surface area contributed by atoms with Gasteiger partial charge in [0.05, 0.1) is 18.3 Å². The number of carbonyl (C=O) groups excluding carboxylic acids is 1. The standard InChI is InChI=1S/C17H19N5O2/c1-3-24-14-9-5-4-8-13(14)19-17(23)18-12(2)16-21-20-15-10-6-7-11-22(15)16/h4-12H,3H2,1-2H3,(H2,18,19,23)/t12-/m0/s1. The van der Waals surface area contributed by atoms with Gasteiger partial charge in [-0.1, -0.05) is 18.2 Å². The van der Waals surface area contributed by atoms with Crippen LogP contribution in [0.25, 0.3) is 5.65 Å². The van der Waals surface area contributed by atoms with Crippen LogP contribution in [0.3, 0.4) is 0 Å². The zero-order chi connectivity index (χ0) is 16.9. The van der Waals surface area contributed by atoms with Gasteiger partial charge in [0.2, 0.25) is 0 Å². The molecule has 0 unspecified atom stereocenters. The molecule has 2 amide bonds. The molecule has 2 N–H and O–H groups in total. The van der Waals surface area contributed by atoms with Crippen LogP contribution in [0.1, 0.15) is 25.7 Å². The van der Waals surface area contributed by atoms with Gasteiger partial charge in [-0.3, -0.25) is 4.40 Å². The van der Waals surface area contributed by atoms with Crippen molar-refractivity contribution in [1.82, 2.24) is 19.9 Å². The van der Waals surface area contributed by atoms with Crippen molar-refractivity contribution in [3.63, 3.8) is 0 Å². The number of amides is 2. The summed E-state index contributed by atoms with van der Waals surface area (Å²) < 4.78 is 7.35. The normalized spacial score (nSPS) is 11.9. The highest BCUT2D eigenvalue weighted by atomic mass is 16.5. The first-order valence-electron chi connectivity index (χ1n) is 7.78. The fourth-order valence-corrected chi connectivity index (χ4v) is 2.43. The van der Waals surface area contributed by atoms with Gasteiger partial charge in [0, 0.05) is 6.20 Å². The Bertz CT molecular complexity index is 846. The summed E-state index contributed by atoms with van der Waals surface area (Å²) in [6, 6.07) is 12.3. The van der Waals surface area contributed by atoms with E-state index < -0.39 is 0 Å². The number of pyridine rings is 1. The highest BCUT2D eigenvalue weighted by Crippen LogP contribution is 2.23. The van der Waals surface area contributed by atoms with Crippen molar-refractivity contribution < 1.29 is 9.53 Å². The molecular weight excluding hydrogens is 306 g/mol. The number of nitrogens with zero attached hydrogens (tertiary/aromatic N) is 3. The van der Waals surface area contributed by atoms with Gasteiger partial charge in [0.25, 0.3) is 0 Å². The summed E-state index contributed by atoms with van der Waals surface area (Å²) in [6.07, 6.45) is 1.87. The van der Waals surface area contributed by atoms with Gasteiger partial charge in [0.1, 0.15) is 5.75 Å². The molecule has 0 saturated carbocycles. The number of rotatable bonds is 5. The molecule has 0 bridgehead atoms. The van der Waals surface area contributed by atoms with E-state index in [0.717, 1.165) is 5.65 Å². The van der Waals surface area contributed by atoms with Crippen LogP contribution >= 0.6 is 0 Å². The molecule has 0 spiro atoms. The molecule has 3 aromatic rings. The molecule has 0 fully saturated rings. The summed E-state index contributed by atoms with van der Waals surface area (Å²) in [5.41, 5.74) is 1.36. The summed E-state index contributed by atoms with van der Waals surface area (Å²) in [7, 11) is 0. The van der Waals surface area contributed by atoms with Crippen molar-refractivity contribution in [1.29, 1.82) is 0 Å². The maximum atomic E-state index is 12.3. The first-order chi connectivity index (χ1) is 11.7. The average Bonchev–Trinajstić information content (AvgIpc) is 3.01. The molecule has 124 valence electrons. The highest BCUT2D eigenvalue weighted by molar-refractivity contribution is 5.91. The van der Waals surface area contributed by atoms with Crippen molar-refractivity contribution in [3.05, 3.63) is 54.5 Å². The van der Waals surface area contributed by atoms with Crippen LogP contribution < -0.4 is 15.4 Å². The molecule has 3 rings (SSSR count). The molecule has 7 nitrogen and oxygen atoms in total. The molecule has 2 heterocycles. The van der Waals surface area contributed by atoms with Crippen molar-refractivity contribution in [2.75, 3.05) is 11.9 Å². The summed E-state index contributed by atoms with van der Waals surface area (Å²) in [5.74, 6) is 1.30. The second kappa shape index (κ2) is 6.99. The number of hydrogen-bond donors (Lipinski definition) is 2. The molecule has 0 aliphatic rings. The van der Waals surface area contributed by atoms with E-state index in [4.69, 9.17) is 4.74 Å². The van der Waals surface area contributed by atoms with Crippen LogP contribution in [-0.4, -0.2) is 27.2 Å². The van der Waals surface area contributed by atoms with Crippen LogP contribution in [0.2, 0.25) is 0 Å². The molecule has 24 heavy (non-hydrogen) atoms. The molecule has 1 aromatic carbocycles.